The lowest BCUT2D eigenvalue weighted by molar-refractivity contribution is 0.500. The zero-order chi connectivity index (χ0) is 14.6. The van der Waals surface area contributed by atoms with Crippen molar-refractivity contribution in [1.82, 2.24) is 4.98 Å². The number of nitrogens with zero attached hydrogens (tertiary/aromatic N) is 2. The van der Waals surface area contributed by atoms with E-state index in [1.807, 2.05) is 12.3 Å². The fraction of sp³-hybridized carbons (Fsp3) is 0.667. The lowest BCUT2D eigenvalue weighted by atomic mass is 9.89. The van der Waals surface area contributed by atoms with E-state index >= 15 is 0 Å². The maximum atomic E-state index is 9.01. The Labute approximate surface area is 124 Å². The Kier molecular flexibility index (Phi) is 8.71. The molecular weight excluding hydrogens is 244 g/mol. The van der Waals surface area contributed by atoms with Crippen molar-refractivity contribution in [2.75, 3.05) is 0 Å². The minimum Gasteiger partial charge on any atom is -0.263 e. The molecule has 0 fully saturated rings. The first-order chi connectivity index (χ1) is 9.81. The van der Waals surface area contributed by atoms with Crippen molar-refractivity contribution in [3.8, 4) is 6.07 Å². The number of rotatable bonds is 10. The lowest BCUT2D eigenvalue weighted by Crippen LogP contribution is -2.01. The van der Waals surface area contributed by atoms with Crippen LogP contribution in [0.25, 0.3) is 0 Å². The fourth-order valence-corrected chi connectivity index (χ4v) is 2.68. The van der Waals surface area contributed by atoms with Crippen LogP contribution in [-0.4, -0.2) is 4.98 Å². The Morgan fingerprint density at radius 1 is 1.00 bits per heavy atom. The van der Waals surface area contributed by atoms with Gasteiger partial charge in [0.15, 0.2) is 0 Å². The third-order valence-electron chi connectivity index (χ3n) is 3.92. The Morgan fingerprint density at radius 3 is 2.30 bits per heavy atom. The van der Waals surface area contributed by atoms with Crippen LogP contribution < -0.4 is 0 Å². The van der Waals surface area contributed by atoms with Gasteiger partial charge in [-0.1, -0.05) is 58.8 Å². The third kappa shape index (κ3) is 6.19. The second-order valence-electron chi connectivity index (χ2n) is 5.66. The summed E-state index contributed by atoms with van der Waals surface area (Å²) < 4.78 is 0. The van der Waals surface area contributed by atoms with Crippen LogP contribution in [0.5, 0.6) is 0 Å². The SMILES string of the molecule is CCCCCCC(CCCCC)c1cncc(C#N)c1. The molecule has 0 bridgehead atoms. The molecule has 1 rings (SSSR count). The molecule has 0 aromatic carbocycles. The van der Waals surface area contributed by atoms with E-state index in [1.165, 1.54) is 63.4 Å². The first-order valence-corrected chi connectivity index (χ1v) is 8.16. The van der Waals surface area contributed by atoms with E-state index in [1.54, 1.807) is 6.20 Å². The first kappa shape index (κ1) is 16.7. The van der Waals surface area contributed by atoms with Gasteiger partial charge in [0.25, 0.3) is 0 Å². The van der Waals surface area contributed by atoms with E-state index in [0.717, 1.165) is 0 Å². The Balaban J connectivity index is 2.61. The van der Waals surface area contributed by atoms with Crippen molar-refractivity contribution in [3.05, 3.63) is 29.6 Å². The van der Waals surface area contributed by atoms with Crippen LogP contribution >= 0.6 is 0 Å². The predicted octanol–water partition coefficient (Wildman–Crippen LogP) is 5.59. The number of hydrogen-bond acceptors (Lipinski definition) is 2. The Bertz CT molecular complexity index is 406. The zero-order valence-electron chi connectivity index (χ0n) is 13.1. The van der Waals surface area contributed by atoms with Crippen LogP contribution in [0, 0.1) is 11.3 Å². The summed E-state index contributed by atoms with van der Waals surface area (Å²) in [4.78, 5) is 4.23. The van der Waals surface area contributed by atoms with Crippen molar-refractivity contribution in [2.24, 2.45) is 0 Å². The van der Waals surface area contributed by atoms with Crippen LogP contribution in [0.3, 0.4) is 0 Å². The van der Waals surface area contributed by atoms with Gasteiger partial charge < -0.3 is 0 Å². The summed E-state index contributed by atoms with van der Waals surface area (Å²) in [6, 6.07) is 4.23. The molecule has 1 aromatic rings. The number of unbranched alkanes of at least 4 members (excludes halogenated alkanes) is 5. The van der Waals surface area contributed by atoms with Crippen molar-refractivity contribution >= 4 is 0 Å². The standard InChI is InChI=1S/C18H28N2/c1-3-5-7-9-11-17(10-8-6-4-2)18-12-16(13-19)14-20-15-18/h12,14-15,17H,3-11H2,1-2H3. The number of aromatic nitrogens is 1. The first-order valence-electron chi connectivity index (χ1n) is 8.16. The minimum atomic E-state index is 0.583. The van der Waals surface area contributed by atoms with Gasteiger partial charge in [-0.2, -0.15) is 5.26 Å². The molecule has 0 spiro atoms. The van der Waals surface area contributed by atoms with E-state index in [4.69, 9.17) is 5.26 Å². The van der Waals surface area contributed by atoms with Crippen molar-refractivity contribution in [2.45, 2.75) is 77.6 Å². The van der Waals surface area contributed by atoms with Gasteiger partial charge in [-0.15, -0.1) is 0 Å². The molecule has 0 amide bonds. The van der Waals surface area contributed by atoms with E-state index in [0.29, 0.717) is 11.5 Å². The Hall–Kier alpha value is -1.36. The maximum Gasteiger partial charge on any atom is 0.101 e. The highest BCUT2D eigenvalue weighted by Gasteiger charge is 2.12. The van der Waals surface area contributed by atoms with E-state index < -0.39 is 0 Å². The van der Waals surface area contributed by atoms with Gasteiger partial charge in [-0.05, 0) is 30.4 Å². The number of pyridine rings is 1. The quantitative estimate of drug-likeness (QED) is 0.521. The molecule has 1 atom stereocenters. The molecule has 2 heteroatoms. The molecule has 110 valence electrons. The van der Waals surface area contributed by atoms with Crippen molar-refractivity contribution in [1.29, 1.82) is 5.26 Å². The summed E-state index contributed by atoms with van der Waals surface area (Å²) in [5.74, 6) is 0.583. The highest BCUT2D eigenvalue weighted by atomic mass is 14.6. The second-order valence-corrected chi connectivity index (χ2v) is 5.66. The summed E-state index contributed by atoms with van der Waals surface area (Å²) in [7, 11) is 0. The van der Waals surface area contributed by atoms with Crippen LogP contribution in [0.1, 0.15) is 88.7 Å². The number of nitriles is 1. The molecule has 0 N–H and O–H groups in total. The molecule has 0 radical (unpaired) electrons. The van der Waals surface area contributed by atoms with E-state index in [9.17, 15) is 0 Å². The molecule has 1 heterocycles. The van der Waals surface area contributed by atoms with Gasteiger partial charge in [-0.25, -0.2) is 0 Å². The molecule has 0 aliphatic carbocycles. The monoisotopic (exact) mass is 272 g/mol. The zero-order valence-corrected chi connectivity index (χ0v) is 13.1. The second kappa shape index (κ2) is 10.4. The van der Waals surface area contributed by atoms with Crippen LogP contribution in [0.15, 0.2) is 18.5 Å². The summed E-state index contributed by atoms with van der Waals surface area (Å²) in [6.07, 6.45) is 15.2. The van der Waals surface area contributed by atoms with Gasteiger partial charge in [0, 0.05) is 12.4 Å². The van der Waals surface area contributed by atoms with Gasteiger partial charge in [-0.3, -0.25) is 4.98 Å². The van der Waals surface area contributed by atoms with Crippen molar-refractivity contribution in [3.63, 3.8) is 0 Å². The summed E-state index contributed by atoms with van der Waals surface area (Å²) >= 11 is 0. The molecule has 0 saturated carbocycles. The van der Waals surface area contributed by atoms with E-state index in [-0.39, 0.29) is 0 Å². The average Bonchev–Trinajstić information content (AvgIpc) is 2.50. The molecule has 0 aliphatic heterocycles. The van der Waals surface area contributed by atoms with Gasteiger partial charge in [0.1, 0.15) is 6.07 Å². The largest absolute Gasteiger partial charge is 0.263 e. The molecule has 0 aliphatic rings. The summed E-state index contributed by atoms with van der Waals surface area (Å²) in [5, 5.41) is 9.01. The lowest BCUT2D eigenvalue weighted by Gasteiger charge is -2.17. The topological polar surface area (TPSA) is 36.7 Å². The predicted molar refractivity (Wildman–Crippen MR) is 84.6 cm³/mol. The Morgan fingerprint density at radius 2 is 1.65 bits per heavy atom. The normalized spacial score (nSPS) is 12.1. The maximum absolute atomic E-state index is 9.01. The van der Waals surface area contributed by atoms with Crippen molar-refractivity contribution < 1.29 is 0 Å². The highest BCUT2D eigenvalue weighted by Crippen LogP contribution is 2.28. The molecule has 0 saturated heterocycles. The summed E-state index contributed by atoms with van der Waals surface area (Å²) in [6.45, 7) is 4.49. The fourth-order valence-electron chi connectivity index (χ4n) is 2.68. The van der Waals surface area contributed by atoms with Gasteiger partial charge in [0.2, 0.25) is 0 Å². The minimum absolute atomic E-state index is 0.583. The van der Waals surface area contributed by atoms with Gasteiger partial charge in [0.05, 0.1) is 5.56 Å². The van der Waals surface area contributed by atoms with Gasteiger partial charge >= 0.3 is 0 Å². The van der Waals surface area contributed by atoms with Crippen LogP contribution in [-0.2, 0) is 0 Å². The molecule has 1 aromatic heterocycles. The molecule has 20 heavy (non-hydrogen) atoms. The smallest absolute Gasteiger partial charge is 0.101 e. The van der Waals surface area contributed by atoms with E-state index in [2.05, 4.69) is 24.9 Å². The highest BCUT2D eigenvalue weighted by molar-refractivity contribution is 5.30. The number of hydrogen-bond donors (Lipinski definition) is 0. The average molecular weight is 272 g/mol. The third-order valence-corrected chi connectivity index (χ3v) is 3.92. The summed E-state index contributed by atoms with van der Waals surface area (Å²) in [5.41, 5.74) is 1.95. The molecule has 1 unspecified atom stereocenters. The van der Waals surface area contributed by atoms with Crippen LogP contribution in [0.4, 0.5) is 0 Å². The van der Waals surface area contributed by atoms with Crippen LogP contribution in [0.2, 0.25) is 0 Å². The molecule has 2 nitrogen and oxygen atoms in total. The molecular formula is C18H28N2.